The molecule has 160 valence electrons. The number of aryl methyl sites for hydroxylation is 1. The second kappa shape index (κ2) is 9.22. The maximum Gasteiger partial charge on any atom is 0.253 e. The lowest BCUT2D eigenvalue weighted by Crippen LogP contribution is -2.49. The molecule has 2 aromatic rings. The predicted octanol–water partition coefficient (Wildman–Crippen LogP) is 4.50. The number of amides is 1. The average Bonchev–Trinajstić information content (AvgIpc) is 2.76. The van der Waals surface area contributed by atoms with Gasteiger partial charge in [-0.25, -0.2) is 0 Å². The van der Waals surface area contributed by atoms with E-state index in [2.05, 4.69) is 60.9 Å². The smallest absolute Gasteiger partial charge is 0.253 e. The van der Waals surface area contributed by atoms with Gasteiger partial charge >= 0.3 is 0 Å². The molecule has 2 saturated heterocycles. The highest BCUT2D eigenvalue weighted by atomic mass is 16.2. The van der Waals surface area contributed by atoms with Crippen molar-refractivity contribution in [1.82, 2.24) is 9.80 Å². The van der Waals surface area contributed by atoms with Crippen molar-refractivity contribution >= 4 is 11.6 Å². The number of hydrogen-bond donors (Lipinski definition) is 0. The van der Waals surface area contributed by atoms with E-state index in [-0.39, 0.29) is 5.91 Å². The van der Waals surface area contributed by atoms with E-state index in [4.69, 9.17) is 0 Å². The second-order valence-corrected chi connectivity index (χ2v) is 9.18. The summed E-state index contributed by atoms with van der Waals surface area (Å²) in [7, 11) is 0. The zero-order chi connectivity index (χ0) is 21.1. The number of carbonyl (C=O) groups is 1. The Kier molecular flexibility index (Phi) is 6.43. The van der Waals surface area contributed by atoms with Gasteiger partial charge in [0, 0.05) is 50.5 Å². The Labute approximate surface area is 181 Å². The highest BCUT2D eigenvalue weighted by Crippen LogP contribution is 2.24. The molecule has 0 aromatic heterocycles. The van der Waals surface area contributed by atoms with E-state index in [1.807, 2.05) is 17.0 Å². The van der Waals surface area contributed by atoms with Gasteiger partial charge in [-0.1, -0.05) is 31.2 Å². The number of carbonyl (C=O) groups excluding carboxylic acids is 1. The fraction of sp³-hybridized carbons (Fsp3) is 0.500. The third-order valence-electron chi connectivity index (χ3n) is 6.83. The summed E-state index contributed by atoms with van der Waals surface area (Å²) >= 11 is 0. The van der Waals surface area contributed by atoms with E-state index in [0.717, 1.165) is 44.2 Å². The first-order valence-corrected chi connectivity index (χ1v) is 11.4. The normalized spacial score (nSPS) is 20.4. The summed E-state index contributed by atoms with van der Waals surface area (Å²) in [6, 6.07) is 14.8. The Morgan fingerprint density at radius 3 is 2.40 bits per heavy atom. The number of rotatable bonds is 4. The first-order chi connectivity index (χ1) is 14.5. The summed E-state index contributed by atoms with van der Waals surface area (Å²) < 4.78 is 0. The molecule has 0 radical (unpaired) electrons. The quantitative estimate of drug-likeness (QED) is 0.749. The van der Waals surface area contributed by atoms with Crippen LogP contribution < -0.4 is 4.90 Å². The van der Waals surface area contributed by atoms with E-state index in [9.17, 15) is 4.79 Å². The lowest BCUT2D eigenvalue weighted by molar-refractivity contribution is 0.0746. The molecule has 30 heavy (non-hydrogen) atoms. The van der Waals surface area contributed by atoms with Gasteiger partial charge < -0.3 is 9.80 Å². The first kappa shape index (κ1) is 20.9. The Bertz CT molecular complexity index is 868. The van der Waals surface area contributed by atoms with E-state index in [1.165, 1.54) is 48.3 Å². The van der Waals surface area contributed by atoms with E-state index in [0.29, 0.717) is 0 Å². The van der Waals surface area contributed by atoms with Gasteiger partial charge in [-0.15, -0.1) is 0 Å². The maximum absolute atomic E-state index is 13.0. The van der Waals surface area contributed by atoms with Crippen LogP contribution >= 0.6 is 0 Å². The van der Waals surface area contributed by atoms with Crippen LogP contribution in [0.2, 0.25) is 0 Å². The van der Waals surface area contributed by atoms with Crippen molar-refractivity contribution < 1.29 is 4.79 Å². The molecule has 4 heteroatoms. The zero-order valence-corrected chi connectivity index (χ0v) is 18.7. The average molecular weight is 406 g/mol. The third kappa shape index (κ3) is 4.70. The minimum atomic E-state index is 0.161. The van der Waals surface area contributed by atoms with E-state index < -0.39 is 0 Å². The molecule has 2 fully saturated rings. The van der Waals surface area contributed by atoms with Crippen molar-refractivity contribution in [3.63, 3.8) is 0 Å². The molecule has 4 nitrogen and oxygen atoms in total. The Hall–Kier alpha value is -2.33. The number of likely N-dealkylation sites (tertiary alicyclic amines) is 1. The van der Waals surface area contributed by atoms with Crippen LogP contribution in [0, 0.1) is 19.8 Å². The highest BCUT2D eigenvalue weighted by Gasteiger charge is 2.23. The topological polar surface area (TPSA) is 26.8 Å². The van der Waals surface area contributed by atoms with Gasteiger partial charge in [0.05, 0.1) is 0 Å². The van der Waals surface area contributed by atoms with Crippen molar-refractivity contribution in [3.05, 3.63) is 64.7 Å². The van der Waals surface area contributed by atoms with E-state index >= 15 is 0 Å². The molecule has 2 aliphatic rings. The molecule has 0 aliphatic carbocycles. The Balaban J connectivity index is 1.33. The van der Waals surface area contributed by atoms with E-state index in [1.54, 1.807) is 0 Å². The van der Waals surface area contributed by atoms with Crippen molar-refractivity contribution in [2.24, 2.45) is 5.92 Å². The molecule has 0 N–H and O–H groups in total. The van der Waals surface area contributed by atoms with Crippen molar-refractivity contribution in [2.75, 3.05) is 44.2 Å². The summed E-state index contributed by atoms with van der Waals surface area (Å²) in [5.41, 5.74) is 6.09. The van der Waals surface area contributed by atoms with Gasteiger partial charge in [0.25, 0.3) is 5.91 Å². The summed E-state index contributed by atoms with van der Waals surface area (Å²) in [5.74, 6) is 0.954. The van der Waals surface area contributed by atoms with Crippen LogP contribution in [-0.4, -0.2) is 55.0 Å². The molecular weight excluding hydrogens is 370 g/mol. The predicted molar refractivity (Wildman–Crippen MR) is 124 cm³/mol. The monoisotopic (exact) mass is 405 g/mol. The highest BCUT2D eigenvalue weighted by molar-refractivity contribution is 5.94. The lowest BCUT2D eigenvalue weighted by atomic mass is 9.99. The molecule has 0 spiro atoms. The van der Waals surface area contributed by atoms with Crippen molar-refractivity contribution in [2.45, 2.75) is 40.2 Å². The van der Waals surface area contributed by atoms with Crippen LogP contribution in [-0.2, 0) is 6.54 Å². The molecule has 2 heterocycles. The number of benzene rings is 2. The molecular formula is C26H35N3O. The Morgan fingerprint density at radius 1 is 0.967 bits per heavy atom. The summed E-state index contributed by atoms with van der Waals surface area (Å²) in [6.45, 7) is 13.4. The number of hydrogen-bond acceptors (Lipinski definition) is 3. The molecule has 2 aromatic carbocycles. The minimum absolute atomic E-state index is 0.161. The Morgan fingerprint density at radius 2 is 1.70 bits per heavy atom. The second-order valence-electron chi connectivity index (χ2n) is 9.18. The van der Waals surface area contributed by atoms with Gasteiger partial charge in [0.15, 0.2) is 0 Å². The fourth-order valence-corrected chi connectivity index (χ4v) is 4.85. The van der Waals surface area contributed by atoms with Crippen molar-refractivity contribution in [3.8, 4) is 0 Å². The van der Waals surface area contributed by atoms with Crippen LogP contribution in [0.4, 0.5) is 5.69 Å². The molecule has 0 unspecified atom stereocenters. The molecule has 1 atom stereocenters. The first-order valence-electron chi connectivity index (χ1n) is 11.4. The summed E-state index contributed by atoms with van der Waals surface area (Å²) in [4.78, 5) is 20.0. The van der Waals surface area contributed by atoms with Crippen LogP contribution in [0.15, 0.2) is 42.5 Å². The van der Waals surface area contributed by atoms with Gasteiger partial charge in [-0.05, 0) is 74.0 Å². The standard InChI is InChI=1S/C26H35N3O/c1-20-6-5-13-27(18-20)19-23-9-11-24(12-10-23)26(30)29-16-14-28(15-17-29)25-8-4-7-21(2)22(25)3/h4,7-12,20H,5-6,13-19H2,1-3H3/t20-/m0/s1. The minimum Gasteiger partial charge on any atom is -0.368 e. The molecule has 2 aliphatic heterocycles. The lowest BCUT2D eigenvalue weighted by Gasteiger charge is -2.37. The number of piperidine rings is 1. The van der Waals surface area contributed by atoms with Crippen LogP contribution in [0.3, 0.4) is 0 Å². The summed E-state index contributed by atoms with van der Waals surface area (Å²) in [6.07, 6.45) is 2.65. The third-order valence-corrected chi connectivity index (χ3v) is 6.83. The number of nitrogens with zero attached hydrogens (tertiary/aromatic N) is 3. The largest absolute Gasteiger partial charge is 0.368 e. The van der Waals surface area contributed by atoms with Crippen LogP contribution in [0.5, 0.6) is 0 Å². The molecule has 0 bridgehead atoms. The molecule has 0 saturated carbocycles. The number of piperazine rings is 1. The maximum atomic E-state index is 13.0. The van der Waals surface area contributed by atoms with Crippen LogP contribution in [0.25, 0.3) is 0 Å². The van der Waals surface area contributed by atoms with Gasteiger partial charge in [0.2, 0.25) is 0 Å². The van der Waals surface area contributed by atoms with Gasteiger partial charge in [-0.2, -0.15) is 0 Å². The van der Waals surface area contributed by atoms with Gasteiger partial charge in [-0.3, -0.25) is 9.69 Å². The number of anilines is 1. The van der Waals surface area contributed by atoms with Gasteiger partial charge in [0.1, 0.15) is 0 Å². The van der Waals surface area contributed by atoms with Crippen molar-refractivity contribution in [1.29, 1.82) is 0 Å². The SMILES string of the molecule is Cc1cccc(N2CCN(C(=O)c3ccc(CN4CCC[C@H](C)C4)cc3)CC2)c1C. The zero-order valence-electron chi connectivity index (χ0n) is 18.7. The fourth-order valence-electron chi connectivity index (χ4n) is 4.85. The molecule has 1 amide bonds. The van der Waals surface area contributed by atoms with Crippen LogP contribution in [0.1, 0.15) is 46.8 Å². The molecule has 4 rings (SSSR count). The summed E-state index contributed by atoms with van der Waals surface area (Å²) in [5, 5.41) is 0.